The molecular weight excluding hydrogens is 170 g/mol. The summed E-state index contributed by atoms with van der Waals surface area (Å²) in [6, 6.07) is 0. The molecule has 0 rings (SSSR count). The molecular formula is C13H21N. The lowest BCUT2D eigenvalue weighted by molar-refractivity contribution is 0.581. The van der Waals surface area contributed by atoms with Crippen molar-refractivity contribution in [3.8, 4) is 0 Å². The van der Waals surface area contributed by atoms with Crippen LogP contribution in [-0.4, -0.2) is 7.05 Å². The van der Waals surface area contributed by atoms with Crippen LogP contribution in [0, 0.1) is 5.41 Å². The van der Waals surface area contributed by atoms with Gasteiger partial charge in [-0.25, -0.2) is 0 Å². The van der Waals surface area contributed by atoms with Crippen molar-refractivity contribution in [3.05, 3.63) is 48.7 Å². The Kier molecular flexibility index (Phi) is 5.70. The zero-order valence-corrected chi connectivity index (χ0v) is 9.67. The number of rotatable bonds is 5. The number of hydrogen-bond donors (Lipinski definition) is 1. The van der Waals surface area contributed by atoms with E-state index in [9.17, 15) is 0 Å². The van der Waals surface area contributed by atoms with Crippen LogP contribution in [-0.2, 0) is 0 Å². The Hall–Kier alpha value is -1.24. The van der Waals surface area contributed by atoms with Crippen LogP contribution < -0.4 is 5.32 Å². The van der Waals surface area contributed by atoms with Gasteiger partial charge in [0.05, 0.1) is 0 Å². The Morgan fingerprint density at radius 2 is 1.86 bits per heavy atom. The molecule has 0 aromatic heterocycles. The third-order valence-electron chi connectivity index (χ3n) is 2.36. The van der Waals surface area contributed by atoms with Crippen LogP contribution in [0.15, 0.2) is 48.7 Å². The van der Waals surface area contributed by atoms with Gasteiger partial charge in [-0.15, -0.1) is 6.58 Å². The summed E-state index contributed by atoms with van der Waals surface area (Å²) in [5, 5.41) is 2.93. The molecule has 1 N–H and O–H groups in total. The van der Waals surface area contributed by atoms with Crippen molar-refractivity contribution in [2.45, 2.75) is 20.8 Å². The second kappa shape index (κ2) is 6.25. The first-order valence-electron chi connectivity index (χ1n) is 4.86. The van der Waals surface area contributed by atoms with E-state index in [1.807, 2.05) is 37.6 Å². The lowest BCUT2D eigenvalue weighted by Crippen LogP contribution is -2.07. The maximum Gasteiger partial charge on any atom is 0.00319 e. The first-order valence-corrected chi connectivity index (χ1v) is 4.86. The first-order chi connectivity index (χ1) is 6.54. The van der Waals surface area contributed by atoms with E-state index in [4.69, 9.17) is 0 Å². The van der Waals surface area contributed by atoms with E-state index in [1.54, 1.807) is 0 Å². The van der Waals surface area contributed by atoms with Crippen molar-refractivity contribution in [3.63, 3.8) is 0 Å². The van der Waals surface area contributed by atoms with Crippen LogP contribution in [0.5, 0.6) is 0 Å². The molecule has 78 valence electrons. The summed E-state index contributed by atoms with van der Waals surface area (Å²) in [7, 11) is 1.88. The Bertz CT molecular complexity index is 254. The zero-order valence-electron chi connectivity index (χ0n) is 9.67. The molecule has 0 unspecified atom stereocenters. The summed E-state index contributed by atoms with van der Waals surface area (Å²) < 4.78 is 0. The smallest absolute Gasteiger partial charge is 0.00319 e. The number of allylic oxidation sites excluding steroid dienone is 6. The van der Waals surface area contributed by atoms with E-state index < -0.39 is 0 Å². The molecule has 0 amide bonds. The third kappa shape index (κ3) is 4.70. The molecule has 0 bridgehead atoms. The van der Waals surface area contributed by atoms with E-state index in [0.29, 0.717) is 0 Å². The molecule has 0 fully saturated rings. The lowest BCUT2D eigenvalue weighted by Gasteiger charge is -2.20. The molecule has 0 aliphatic heterocycles. The van der Waals surface area contributed by atoms with Gasteiger partial charge in [0.25, 0.3) is 0 Å². The van der Waals surface area contributed by atoms with Crippen LogP contribution in [0.25, 0.3) is 0 Å². The predicted octanol–water partition coefficient (Wildman–Crippen LogP) is 3.43. The molecule has 0 aliphatic carbocycles. The molecule has 0 aromatic rings. The van der Waals surface area contributed by atoms with Gasteiger partial charge in [0, 0.05) is 12.5 Å². The summed E-state index contributed by atoms with van der Waals surface area (Å²) in [4.78, 5) is 0. The van der Waals surface area contributed by atoms with Gasteiger partial charge in [-0.05, 0) is 19.2 Å². The van der Waals surface area contributed by atoms with Gasteiger partial charge >= 0.3 is 0 Å². The van der Waals surface area contributed by atoms with E-state index >= 15 is 0 Å². The summed E-state index contributed by atoms with van der Waals surface area (Å²) in [5.74, 6) is 0. The fourth-order valence-electron chi connectivity index (χ4n) is 0.792. The van der Waals surface area contributed by atoms with Crippen molar-refractivity contribution in [2.24, 2.45) is 5.41 Å². The Morgan fingerprint density at radius 1 is 1.21 bits per heavy atom. The maximum atomic E-state index is 3.82. The highest BCUT2D eigenvalue weighted by molar-refractivity contribution is 5.22. The fraction of sp³-hybridized carbons (Fsp3) is 0.385. The second-order valence-corrected chi connectivity index (χ2v) is 3.81. The van der Waals surface area contributed by atoms with E-state index in [-0.39, 0.29) is 5.41 Å². The van der Waals surface area contributed by atoms with Gasteiger partial charge in [-0.3, -0.25) is 0 Å². The standard InChI is InChI=1S/C13H21N/c1-6-13(3,4)12(2)10-8-7-9-11-14-5/h6-11,14H,1H2,2-5H3/b8-7-,11-9+,12-10+. The summed E-state index contributed by atoms with van der Waals surface area (Å²) in [6.07, 6.45) is 12.0. The predicted molar refractivity (Wildman–Crippen MR) is 65.1 cm³/mol. The normalized spacial score (nSPS) is 13.9. The Morgan fingerprint density at radius 3 is 2.36 bits per heavy atom. The fourth-order valence-corrected chi connectivity index (χ4v) is 0.792. The first kappa shape index (κ1) is 12.8. The van der Waals surface area contributed by atoms with Gasteiger partial charge in [-0.2, -0.15) is 0 Å². The van der Waals surface area contributed by atoms with Gasteiger partial charge in [-0.1, -0.05) is 43.7 Å². The minimum atomic E-state index is 0.0804. The number of nitrogens with one attached hydrogen (secondary N) is 1. The van der Waals surface area contributed by atoms with E-state index in [2.05, 4.69) is 38.7 Å². The van der Waals surface area contributed by atoms with Crippen molar-refractivity contribution >= 4 is 0 Å². The molecule has 1 nitrogen and oxygen atoms in total. The minimum absolute atomic E-state index is 0.0804. The molecule has 14 heavy (non-hydrogen) atoms. The molecule has 0 aromatic carbocycles. The largest absolute Gasteiger partial charge is 0.394 e. The molecule has 0 saturated carbocycles. The highest BCUT2D eigenvalue weighted by Gasteiger charge is 2.13. The molecule has 0 radical (unpaired) electrons. The van der Waals surface area contributed by atoms with Crippen LogP contribution in [0.3, 0.4) is 0 Å². The van der Waals surface area contributed by atoms with Crippen molar-refractivity contribution in [1.82, 2.24) is 5.32 Å². The summed E-state index contributed by atoms with van der Waals surface area (Å²) in [5.41, 5.74) is 1.39. The van der Waals surface area contributed by atoms with Gasteiger partial charge in [0.2, 0.25) is 0 Å². The van der Waals surface area contributed by atoms with Crippen molar-refractivity contribution < 1.29 is 0 Å². The van der Waals surface area contributed by atoms with Gasteiger partial charge in [0.15, 0.2) is 0 Å². The quantitative estimate of drug-likeness (QED) is 0.518. The molecule has 0 aliphatic rings. The molecule has 0 atom stereocenters. The van der Waals surface area contributed by atoms with Crippen LogP contribution in [0.1, 0.15) is 20.8 Å². The van der Waals surface area contributed by atoms with Crippen LogP contribution in [0.2, 0.25) is 0 Å². The van der Waals surface area contributed by atoms with E-state index in [1.165, 1.54) is 5.57 Å². The number of hydrogen-bond acceptors (Lipinski definition) is 1. The van der Waals surface area contributed by atoms with Crippen molar-refractivity contribution in [2.75, 3.05) is 7.05 Å². The highest BCUT2D eigenvalue weighted by Crippen LogP contribution is 2.26. The Balaban J connectivity index is 4.32. The summed E-state index contributed by atoms with van der Waals surface area (Å²) in [6.45, 7) is 10.3. The van der Waals surface area contributed by atoms with Crippen molar-refractivity contribution in [1.29, 1.82) is 0 Å². The van der Waals surface area contributed by atoms with Gasteiger partial charge in [0.1, 0.15) is 0 Å². The monoisotopic (exact) mass is 191 g/mol. The van der Waals surface area contributed by atoms with Crippen LogP contribution in [0.4, 0.5) is 0 Å². The average molecular weight is 191 g/mol. The third-order valence-corrected chi connectivity index (χ3v) is 2.36. The molecule has 1 heteroatoms. The summed E-state index contributed by atoms with van der Waals surface area (Å²) >= 11 is 0. The molecule has 0 heterocycles. The average Bonchev–Trinajstić information content (AvgIpc) is 2.17. The highest BCUT2D eigenvalue weighted by atomic mass is 14.8. The van der Waals surface area contributed by atoms with Gasteiger partial charge < -0.3 is 5.32 Å². The van der Waals surface area contributed by atoms with Crippen LogP contribution >= 0.6 is 0 Å². The lowest BCUT2D eigenvalue weighted by atomic mass is 9.85. The zero-order chi connectivity index (χ0) is 11.0. The second-order valence-electron chi connectivity index (χ2n) is 3.81. The Labute approximate surface area is 87.9 Å². The van der Waals surface area contributed by atoms with E-state index in [0.717, 1.165) is 0 Å². The maximum absolute atomic E-state index is 3.82. The molecule has 0 spiro atoms. The minimum Gasteiger partial charge on any atom is -0.394 e. The topological polar surface area (TPSA) is 12.0 Å². The molecule has 0 saturated heterocycles. The SMILES string of the molecule is C=CC(C)(C)/C(C)=C/C=C\C=C\NC.